The number of fused-ring (bicyclic) bond motifs is 1. The average Bonchev–Trinajstić information content (AvgIpc) is 2.89. The Morgan fingerprint density at radius 2 is 2.13 bits per heavy atom. The van der Waals surface area contributed by atoms with Crippen molar-refractivity contribution >= 4 is 23.4 Å². The number of hydrogen-bond acceptors (Lipinski definition) is 4. The van der Waals surface area contributed by atoms with Crippen LogP contribution in [0.3, 0.4) is 0 Å². The Morgan fingerprint density at radius 3 is 2.83 bits per heavy atom. The molecule has 0 radical (unpaired) electrons. The first-order chi connectivity index (χ1) is 11.1. The summed E-state index contributed by atoms with van der Waals surface area (Å²) in [5.41, 5.74) is 7.58. The van der Waals surface area contributed by atoms with Crippen LogP contribution in [-0.2, 0) is 6.42 Å². The summed E-state index contributed by atoms with van der Waals surface area (Å²) in [4.78, 5) is 14.4. The molecule has 1 aliphatic rings. The summed E-state index contributed by atoms with van der Waals surface area (Å²) in [5, 5.41) is 9.50. The van der Waals surface area contributed by atoms with Crippen LogP contribution in [0.4, 0.5) is 10.1 Å². The van der Waals surface area contributed by atoms with Crippen molar-refractivity contribution in [1.29, 1.82) is 0 Å². The minimum Gasteiger partial charge on any atom is -0.393 e. The number of halogens is 1. The van der Waals surface area contributed by atoms with Gasteiger partial charge in [0.05, 0.1) is 12.3 Å². The molecule has 1 aliphatic heterocycles. The third-order valence-corrected chi connectivity index (χ3v) is 5.12. The van der Waals surface area contributed by atoms with E-state index in [0.29, 0.717) is 18.5 Å². The predicted octanol–water partition coefficient (Wildman–Crippen LogP) is 2.40. The van der Waals surface area contributed by atoms with E-state index >= 15 is 0 Å². The van der Waals surface area contributed by atoms with E-state index in [1.54, 1.807) is 30.0 Å². The summed E-state index contributed by atoms with van der Waals surface area (Å²) in [6.45, 7) is 0.616. The van der Waals surface area contributed by atoms with E-state index in [9.17, 15) is 14.3 Å². The smallest absolute Gasteiger partial charge is 0.248 e. The molecule has 0 aromatic heterocycles. The average molecular weight is 332 g/mol. The van der Waals surface area contributed by atoms with Crippen LogP contribution in [0.2, 0.25) is 0 Å². The molecule has 1 amide bonds. The molecule has 3 rings (SSSR count). The lowest BCUT2D eigenvalue weighted by Gasteiger charge is -2.25. The molecule has 1 heterocycles. The highest BCUT2D eigenvalue weighted by molar-refractivity contribution is 8.00. The van der Waals surface area contributed by atoms with E-state index in [0.717, 1.165) is 16.1 Å². The number of carbonyl (C=O) groups is 1. The standard InChI is InChI=1S/C17H17FN2O2S/c18-13-3-1-2-11(8-13)6-7-20-14-9-12(17(19)22)4-5-15(14)23-16(20)10-21/h1-5,8-9,16,21H,6-7,10H2,(H2,19,22). The lowest BCUT2D eigenvalue weighted by molar-refractivity contribution is 0.100. The molecular weight excluding hydrogens is 315 g/mol. The number of aliphatic hydroxyl groups excluding tert-OH is 1. The van der Waals surface area contributed by atoms with Crippen molar-refractivity contribution in [2.75, 3.05) is 18.1 Å². The number of primary amides is 1. The highest BCUT2D eigenvalue weighted by Crippen LogP contribution is 2.43. The second-order valence-electron chi connectivity index (χ2n) is 5.38. The van der Waals surface area contributed by atoms with Crippen LogP contribution in [0.1, 0.15) is 15.9 Å². The van der Waals surface area contributed by atoms with Crippen molar-refractivity contribution in [2.45, 2.75) is 16.7 Å². The van der Waals surface area contributed by atoms with Gasteiger partial charge in [0.2, 0.25) is 5.91 Å². The fourth-order valence-electron chi connectivity index (χ4n) is 2.70. The maximum absolute atomic E-state index is 13.3. The minimum atomic E-state index is -0.477. The van der Waals surface area contributed by atoms with Gasteiger partial charge >= 0.3 is 0 Å². The fourth-order valence-corrected chi connectivity index (χ4v) is 3.86. The number of aliphatic hydroxyl groups is 1. The van der Waals surface area contributed by atoms with Gasteiger partial charge in [-0.25, -0.2) is 4.39 Å². The monoisotopic (exact) mass is 332 g/mol. The van der Waals surface area contributed by atoms with Crippen molar-refractivity contribution in [2.24, 2.45) is 5.73 Å². The Bertz CT molecular complexity index is 738. The van der Waals surface area contributed by atoms with E-state index in [1.807, 2.05) is 17.0 Å². The Kier molecular flexibility index (Phi) is 4.54. The zero-order valence-electron chi connectivity index (χ0n) is 12.4. The lowest BCUT2D eigenvalue weighted by Crippen LogP contribution is -2.34. The molecule has 0 fully saturated rings. The molecule has 0 spiro atoms. The Hall–Kier alpha value is -2.05. The molecule has 120 valence electrons. The summed E-state index contributed by atoms with van der Waals surface area (Å²) in [5.74, 6) is -0.733. The molecule has 23 heavy (non-hydrogen) atoms. The maximum atomic E-state index is 13.3. The van der Waals surface area contributed by atoms with E-state index in [-0.39, 0.29) is 17.8 Å². The molecule has 1 atom stereocenters. The first-order valence-corrected chi connectivity index (χ1v) is 8.19. The lowest BCUT2D eigenvalue weighted by atomic mass is 10.1. The predicted molar refractivity (Wildman–Crippen MR) is 89.1 cm³/mol. The topological polar surface area (TPSA) is 66.6 Å². The third-order valence-electron chi connectivity index (χ3n) is 3.85. The van der Waals surface area contributed by atoms with Crippen LogP contribution in [0.25, 0.3) is 0 Å². The van der Waals surface area contributed by atoms with Gasteiger partial charge in [0.25, 0.3) is 0 Å². The molecule has 6 heteroatoms. The maximum Gasteiger partial charge on any atom is 0.248 e. The summed E-state index contributed by atoms with van der Waals surface area (Å²) >= 11 is 1.55. The number of rotatable bonds is 5. The number of thioether (sulfide) groups is 1. The molecule has 4 nitrogen and oxygen atoms in total. The number of benzene rings is 2. The molecule has 0 saturated heterocycles. The highest BCUT2D eigenvalue weighted by Gasteiger charge is 2.29. The number of hydrogen-bond donors (Lipinski definition) is 2. The molecule has 1 unspecified atom stereocenters. The normalized spacial score (nSPS) is 16.4. The minimum absolute atomic E-state index is 0.00555. The Morgan fingerprint density at radius 1 is 1.30 bits per heavy atom. The number of anilines is 1. The van der Waals surface area contributed by atoms with Gasteiger partial charge in [-0.15, -0.1) is 0 Å². The van der Waals surface area contributed by atoms with Gasteiger partial charge in [-0.2, -0.15) is 0 Å². The van der Waals surface area contributed by atoms with Gasteiger partial charge in [-0.3, -0.25) is 4.79 Å². The van der Waals surface area contributed by atoms with Crippen LogP contribution in [0.15, 0.2) is 47.4 Å². The highest BCUT2D eigenvalue weighted by atomic mass is 32.2. The second kappa shape index (κ2) is 6.60. The first kappa shape index (κ1) is 15.8. The largest absolute Gasteiger partial charge is 0.393 e. The van der Waals surface area contributed by atoms with Crippen molar-refractivity contribution in [3.63, 3.8) is 0 Å². The summed E-state index contributed by atoms with van der Waals surface area (Å²) in [6, 6.07) is 11.8. The van der Waals surface area contributed by atoms with E-state index < -0.39 is 5.91 Å². The van der Waals surface area contributed by atoms with Crippen LogP contribution in [0.5, 0.6) is 0 Å². The summed E-state index contributed by atoms with van der Waals surface area (Å²) < 4.78 is 13.3. The molecule has 0 saturated carbocycles. The van der Waals surface area contributed by atoms with Crippen LogP contribution < -0.4 is 10.6 Å². The van der Waals surface area contributed by atoms with Crippen LogP contribution in [0, 0.1) is 5.82 Å². The number of amides is 1. The SMILES string of the molecule is NC(=O)c1ccc2c(c1)N(CCc1cccc(F)c1)C(CO)S2. The van der Waals surface area contributed by atoms with Crippen molar-refractivity contribution in [1.82, 2.24) is 0 Å². The zero-order chi connectivity index (χ0) is 16.4. The molecule has 2 aromatic carbocycles. The van der Waals surface area contributed by atoms with Gasteiger partial charge in [0.1, 0.15) is 11.2 Å². The van der Waals surface area contributed by atoms with Gasteiger partial charge < -0.3 is 15.7 Å². The Balaban J connectivity index is 1.83. The van der Waals surface area contributed by atoms with Crippen LogP contribution >= 0.6 is 11.8 Å². The number of nitrogens with two attached hydrogens (primary N) is 1. The number of nitrogens with zero attached hydrogens (tertiary/aromatic N) is 1. The van der Waals surface area contributed by atoms with Crippen molar-refractivity contribution < 1.29 is 14.3 Å². The van der Waals surface area contributed by atoms with Gasteiger partial charge in [0, 0.05) is 17.0 Å². The van der Waals surface area contributed by atoms with E-state index in [1.165, 1.54) is 12.1 Å². The molecule has 2 aromatic rings. The van der Waals surface area contributed by atoms with Gasteiger partial charge in [-0.05, 0) is 42.3 Å². The number of carbonyl (C=O) groups excluding carboxylic acids is 1. The molecular formula is C17H17FN2O2S. The van der Waals surface area contributed by atoms with Crippen molar-refractivity contribution in [3.05, 3.63) is 59.4 Å². The van der Waals surface area contributed by atoms with E-state index in [4.69, 9.17) is 5.73 Å². The summed E-state index contributed by atoms with van der Waals surface area (Å²) in [7, 11) is 0. The second-order valence-corrected chi connectivity index (χ2v) is 6.59. The van der Waals surface area contributed by atoms with Crippen LogP contribution in [-0.4, -0.2) is 29.5 Å². The molecule has 0 aliphatic carbocycles. The first-order valence-electron chi connectivity index (χ1n) is 7.31. The fraction of sp³-hybridized carbons (Fsp3) is 0.235. The quantitative estimate of drug-likeness (QED) is 0.882. The van der Waals surface area contributed by atoms with Gasteiger partial charge in [0.15, 0.2) is 0 Å². The molecule has 0 bridgehead atoms. The van der Waals surface area contributed by atoms with Crippen molar-refractivity contribution in [3.8, 4) is 0 Å². The third kappa shape index (κ3) is 3.33. The van der Waals surface area contributed by atoms with E-state index in [2.05, 4.69) is 0 Å². The zero-order valence-corrected chi connectivity index (χ0v) is 13.2. The molecule has 3 N–H and O–H groups in total. The summed E-state index contributed by atoms with van der Waals surface area (Å²) in [6.07, 6.45) is 0.648. The Labute approximate surface area is 138 Å². The van der Waals surface area contributed by atoms with Gasteiger partial charge in [-0.1, -0.05) is 23.9 Å².